The van der Waals surface area contributed by atoms with Crippen molar-refractivity contribution in [1.82, 2.24) is 15.4 Å². The maximum absolute atomic E-state index is 12.8. The maximum atomic E-state index is 12.8. The first kappa shape index (κ1) is 16.7. The molecule has 1 aromatic heterocycles. The smallest absolute Gasteiger partial charge is 0.258 e. The zero-order chi connectivity index (χ0) is 18.0. The highest BCUT2D eigenvalue weighted by atomic mass is 16.2. The number of nitrogens with zero attached hydrogens (tertiary/aromatic N) is 2. The molecule has 2 amide bonds. The van der Waals surface area contributed by atoms with Gasteiger partial charge in [0.05, 0.1) is 12.2 Å². The van der Waals surface area contributed by atoms with E-state index in [4.69, 9.17) is 0 Å². The number of pyridine rings is 1. The van der Waals surface area contributed by atoms with Gasteiger partial charge in [0.15, 0.2) is 0 Å². The van der Waals surface area contributed by atoms with E-state index in [1.807, 2.05) is 44.2 Å². The molecular formula is C20H19N3O2. The third-order valence-corrected chi connectivity index (χ3v) is 4.22. The number of hydrogen-bond acceptors (Lipinski definition) is 3. The number of hydrazine groups is 1. The summed E-state index contributed by atoms with van der Waals surface area (Å²) in [4.78, 5) is 29.5. The molecule has 0 spiro atoms. The number of aromatic nitrogens is 1. The third kappa shape index (κ3) is 3.24. The SMILES string of the molecule is CC#Cc1cc(C)c(C2C(=O)NN(Cc3ccccn3)C2=O)c(C)c1. The van der Waals surface area contributed by atoms with Crippen LogP contribution in [0.15, 0.2) is 36.5 Å². The molecule has 1 aliphatic rings. The summed E-state index contributed by atoms with van der Waals surface area (Å²) in [7, 11) is 0. The van der Waals surface area contributed by atoms with E-state index in [-0.39, 0.29) is 18.4 Å². The van der Waals surface area contributed by atoms with Crippen molar-refractivity contribution in [3.8, 4) is 11.8 Å². The van der Waals surface area contributed by atoms with Crippen LogP contribution in [0.25, 0.3) is 0 Å². The highest BCUT2D eigenvalue weighted by Crippen LogP contribution is 2.30. The van der Waals surface area contributed by atoms with Gasteiger partial charge in [-0.25, -0.2) is 5.01 Å². The van der Waals surface area contributed by atoms with E-state index in [0.717, 1.165) is 27.9 Å². The Morgan fingerprint density at radius 1 is 1.20 bits per heavy atom. The molecule has 3 rings (SSSR count). The number of hydrogen-bond donors (Lipinski definition) is 1. The van der Waals surface area contributed by atoms with Gasteiger partial charge in [-0.2, -0.15) is 0 Å². The lowest BCUT2D eigenvalue weighted by atomic mass is 9.88. The average molecular weight is 333 g/mol. The Morgan fingerprint density at radius 2 is 1.92 bits per heavy atom. The molecule has 1 saturated heterocycles. The Labute approximate surface area is 147 Å². The van der Waals surface area contributed by atoms with Crippen molar-refractivity contribution in [2.75, 3.05) is 0 Å². The Bertz CT molecular complexity index is 871. The van der Waals surface area contributed by atoms with Crippen molar-refractivity contribution < 1.29 is 9.59 Å². The quantitative estimate of drug-likeness (QED) is 0.692. The number of aryl methyl sites for hydroxylation is 2. The lowest BCUT2D eigenvalue weighted by Crippen LogP contribution is -2.35. The van der Waals surface area contributed by atoms with Crippen molar-refractivity contribution in [3.63, 3.8) is 0 Å². The van der Waals surface area contributed by atoms with E-state index >= 15 is 0 Å². The van der Waals surface area contributed by atoms with Crippen molar-refractivity contribution in [2.24, 2.45) is 0 Å². The van der Waals surface area contributed by atoms with E-state index < -0.39 is 5.92 Å². The predicted octanol–water partition coefficient (Wildman–Crippen LogP) is 2.23. The van der Waals surface area contributed by atoms with E-state index in [9.17, 15) is 9.59 Å². The van der Waals surface area contributed by atoms with Crippen molar-refractivity contribution in [1.29, 1.82) is 0 Å². The van der Waals surface area contributed by atoms with E-state index in [0.29, 0.717) is 0 Å². The van der Waals surface area contributed by atoms with Crippen LogP contribution in [-0.2, 0) is 16.1 Å². The second-order valence-corrected chi connectivity index (χ2v) is 6.05. The minimum atomic E-state index is -0.827. The number of nitrogens with one attached hydrogen (secondary N) is 1. The molecule has 5 heteroatoms. The standard InChI is InChI=1S/C20H19N3O2/c1-4-7-15-10-13(2)17(14(3)11-15)18-19(24)22-23(20(18)25)12-16-8-5-6-9-21-16/h5-6,8-11,18H,12H2,1-3H3,(H,22,24). The summed E-state index contributed by atoms with van der Waals surface area (Å²) in [6.07, 6.45) is 1.66. The van der Waals surface area contributed by atoms with Crippen LogP contribution in [0.2, 0.25) is 0 Å². The molecule has 0 bridgehead atoms. The Morgan fingerprint density at radius 3 is 2.52 bits per heavy atom. The van der Waals surface area contributed by atoms with Crippen molar-refractivity contribution >= 4 is 11.8 Å². The van der Waals surface area contributed by atoms with Gasteiger partial charge in [0.2, 0.25) is 0 Å². The number of carbonyl (C=O) groups is 2. The first-order chi connectivity index (χ1) is 12.0. The van der Waals surface area contributed by atoms with Gasteiger partial charge in [-0.1, -0.05) is 12.0 Å². The molecule has 2 heterocycles. The van der Waals surface area contributed by atoms with Gasteiger partial charge in [0.1, 0.15) is 5.92 Å². The van der Waals surface area contributed by atoms with Gasteiger partial charge >= 0.3 is 0 Å². The van der Waals surface area contributed by atoms with E-state index in [1.165, 1.54) is 5.01 Å². The zero-order valence-corrected chi connectivity index (χ0v) is 14.5. The summed E-state index contributed by atoms with van der Waals surface area (Å²) in [6.45, 7) is 5.84. The van der Waals surface area contributed by atoms with Crippen LogP contribution in [0, 0.1) is 25.7 Å². The van der Waals surface area contributed by atoms with Gasteiger partial charge < -0.3 is 0 Å². The maximum Gasteiger partial charge on any atom is 0.258 e. The fourth-order valence-corrected chi connectivity index (χ4v) is 3.19. The van der Waals surface area contributed by atoms with Crippen molar-refractivity contribution in [3.05, 3.63) is 64.5 Å². The second kappa shape index (κ2) is 6.78. The molecule has 1 unspecified atom stereocenters. The van der Waals surface area contributed by atoms with Crippen LogP contribution in [0.3, 0.4) is 0 Å². The highest BCUT2D eigenvalue weighted by molar-refractivity contribution is 6.10. The highest BCUT2D eigenvalue weighted by Gasteiger charge is 2.41. The number of amides is 2. The summed E-state index contributed by atoms with van der Waals surface area (Å²) in [5.41, 5.74) is 6.83. The third-order valence-electron chi connectivity index (χ3n) is 4.22. The summed E-state index contributed by atoms with van der Waals surface area (Å²) in [6, 6.07) is 9.32. The van der Waals surface area contributed by atoms with Gasteiger partial charge in [0.25, 0.3) is 11.8 Å². The first-order valence-electron chi connectivity index (χ1n) is 8.07. The van der Waals surface area contributed by atoms with Gasteiger partial charge in [-0.15, -0.1) is 5.92 Å². The van der Waals surface area contributed by atoms with E-state index in [1.54, 1.807) is 13.1 Å². The summed E-state index contributed by atoms with van der Waals surface area (Å²) in [5.74, 6) is 4.50. The second-order valence-electron chi connectivity index (χ2n) is 6.05. The lowest BCUT2D eigenvalue weighted by molar-refractivity contribution is -0.131. The Hall–Kier alpha value is -3.13. The van der Waals surface area contributed by atoms with E-state index in [2.05, 4.69) is 22.3 Å². The topological polar surface area (TPSA) is 62.3 Å². The number of carbonyl (C=O) groups excluding carboxylic acids is 2. The van der Waals surface area contributed by atoms with Crippen LogP contribution in [0.5, 0.6) is 0 Å². The number of benzene rings is 1. The normalized spacial score (nSPS) is 16.4. The minimum absolute atomic E-state index is 0.249. The van der Waals surface area contributed by atoms with Crippen molar-refractivity contribution in [2.45, 2.75) is 33.2 Å². The molecule has 0 aliphatic carbocycles. The molecular weight excluding hydrogens is 314 g/mol. The molecule has 5 nitrogen and oxygen atoms in total. The molecule has 1 atom stereocenters. The average Bonchev–Trinajstić information content (AvgIpc) is 2.83. The Balaban J connectivity index is 1.91. The minimum Gasteiger partial charge on any atom is -0.272 e. The molecule has 2 aromatic rings. The van der Waals surface area contributed by atoms with Crippen LogP contribution >= 0.6 is 0 Å². The first-order valence-corrected chi connectivity index (χ1v) is 8.07. The summed E-state index contributed by atoms with van der Waals surface area (Å²) in [5, 5.41) is 1.34. The van der Waals surface area contributed by atoms with Crippen LogP contribution in [0.4, 0.5) is 0 Å². The molecule has 1 aromatic carbocycles. The predicted molar refractivity (Wildman–Crippen MR) is 94.1 cm³/mol. The molecule has 126 valence electrons. The zero-order valence-electron chi connectivity index (χ0n) is 14.5. The fourth-order valence-electron chi connectivity index (χ4n) is 3.19. The summed E-state index contributed by atoms with van der Waals surface area (Å²) >= 11 is 0. The fraction of sp³-hybridized carbons (Fsp3) is 0.250. The van der Waals surface area contributed by atoms with Gasteiger partial charge in [0, 0.05) is 11.8 Å². The largest absolute Gasteiger partial charge is 0.272 e. The summed E-state index contributed by atoms with van der Waals surface area (Å²) < 4.78 is 0. The van der Waals surface area contributed by atoms with Crippen LogP contribution in [0.1, 0.15) is 40.8 Å². The van der Waals surface area contributed by atoms with Crippen LogP contribution in [-0.4, -0.2) is 21.8 Å². The molecule has 1 aliphatic heterocycles. The molecule has 25 heavy (non-hydrogen) atoms. The van der Waals surface area contributed by atoms with Gasteiger partial charge in [-0.05, 0) is 61.7 Å². The number of rotatable bonds is 3. The molecule has 1 N–H and O–H groups in total. The van der Waals surface area contributed by atoms with Crippen LogP contribution < -0.4 is 5.43 Å². The lowest BCUT2D eigenvalue weighted by Gasteiger charge is -2.16. The monoisotopic (exact) mass is 333 g/mol. The molecule has 1 fully saturated rings. The van der Waals surface area contributed by atoms with Gasteiger partial charge in [-0.3, -0.25) is 20.0 Å². The molecule has 0 radical (unpaired) electrons. The Kier molecular flexibility index (Phi) is 4.53. The molecule has 0 saturated carbocycles.